The average molecular weight is 333 g/mol. The standard InChI is InChI=1S/C18H21F2N3O/c1-2-4-13-5-3-8-22(11-13)18(24)14-10-21-23(12-14)17-7-6-15(19)9-16(17)20/h6-7,9-10,12-13H,2-5,8,11H2,1H3. The van der Waals surface area contributed by atoms with E-state index in [1.54, 1.807) is 0 Å². The normalized spacial score (nSPS) is 18.0. The van der Waals surface area contributed by atoms with Gasteiger partial charge in [-0.2, -0.15) is 5.10 Å². The minimum absolute atomic E-state index is 0.0791. The highest BCUT2D eigenvalue weighted by atomic mass is 19.1. The molecule has 1 saturated heterocycles. The third-order valence-corrected chi connectivity index (χ3v) is 4.49. The van der Waals surface area contributed by atoms with E-state index >= 15 is 0 Å². The Bertz CT molecular complexity index is 727. The van der Waals surface area contributed by atoms with Gasteiger partial charge in [-0.05, 0) is 37.3 Å². The first-order valence-electron chi connectivity index (χ1n) is 8.38. The van der Waals surface area contributed by atoms with Crippen LogP contribution >= 0.6 is 0 Å². The number of halogens is 2. The van der Waals surface area contributed by atoms with Crippen molar-refractivity contribution in [3.63, 3.8) is 0 Å². The van der Waals surface area contributed by atoms with E-state index in [2.05, 4.69) is 12.0 Å². The molecule has 1 aromatic carbocycles. The van der Waals surface area contributed by atoms with Crippen LogP contribution in [0.1, 0.15) is 43.0 Å². The van der Waals surface area contributed by atoms with Crippen molar-refractivity contribution in [2.75, 3.05) is 13.1 Å². The fourth-order valence-corrected chi connectivity index (χ4v) is 3.31. The molecule has 128 valence electrons. The number of rotatable bonds is 4. The summed E-state index contributed by atoms with van der Waals surface area (Å²) in [5.74, 6) is -0.880. The molecular weight excluding hydrogens is 312 g/mol. The van der Waals surface area contributed by atoms with E-state index in [-0.39, 0.29) is 11.6 Å². The van der Waals surface area contributed by atoms with Crippen molar-refractivity contribution in [2.45, 2.75) is 32.6 Å². The number of carbonyl (C=O) groups is 1. The molecule has 0 saturated carbocycles. The molecule has 3 rings (SSSR count). The number of nitrogens with zero attached hydrogens (tertiary/aromatic N) is 3. The third-order valence-electron chi connectivity index (χ3n) is 4.49. The predicted octanol–water partition coefficient (Wildman–Crippen LogP) is 3.80. The van der Waals surface area contributed by atoms with E-state index in [4.69, 9.17) is 0 Å². The number of piperidine rings is 1. The zero-order valence-electron chi connectivity index (χ0n) is 13.7. The van der Waals surface area contributed by atoms with Crippen LogP contribution in [-0.4, -0.2) is 33.7 Å². The molecule has 24 heavy (non-hydrogen) atoms. The van der Waals surface area contributed by atoms with Gasteiger partial charge in [0.05, 0.1) is 11.8 Å². The summed E-state index contributed by atoms with van der Waals surface area (Å²) >= 11 is 0. The molecule has 2 aromatic rings. The van der Waals surface area contributed by atoms with Gasteiger partial charge in [-0.25, -0.2) is 13.5 Å². The first kappa shape index (κ1) is 16.6. The maximum absolute atomic E-state index is 13.8. The highest BCUT2D eigenvalue weighted by molar-refractivity contribution is 5.93. The summed E-state index contributed by atoms with van der Waals surface area (Å²) in [5.41, 5.74) is 0.550. The average Bonchev–Trinajstić information content (AvgIpc) is 3.04. The van der Waals surface area contributed by atoms with Crippen LogP contribution < -0.4 is 0 Å². The van der Waals surface area contributed by atoms with E-state index in [0.29, 0.717) is 11.5 Å². The number of aromatic nitrogens is 2. The minimum Gasteiger partial charge on any atom is -0.338 e. The van der Waals surface area contributed by atoms with Crippen molar-refractivity contribution < 1.29 is 13.6 Å². The molecule has 0 bridgehead atoms. The lowest BCUT2D eigenvalue weighted by atomic mass is 9.93. The quantitative estimate of drug-likeness (QED) is 0.853. The van der Waals surface area contributed by atoms with Gasteiger partial charge in [0, 0.05) is 25.4 Å². The highest BCUT2D eigenvalue weighted by Crippen LogP contribution is 2.22. The SMILES string of the molecule is CCCC1CCCN(C(=O)c2cnn(-c3ccc(F)cc3F)c2)C1. The Labute approximate surface area is 140 Å². The number of hydrogen-bond donors (Lipinski definition) is 0. The van der Waals surface area contributed by atoms with Crippen molar-refractivity contribution >= 4 is 5.91 Å². The number of carbonyl (C=O) groups excluding carboxylic acids is 1. The van der Waals surface area contributed by atoms with E-state index < -0.39 is 11.6 Å². The molecule has 0 N–H and O–H groups in total. The maximum Gasteiger partial charge on any atom is 0.257 e. The summed E-state index contributed by atoms with van der Waals surface area (Å²) in [5, 5.41) is 4.05. The summed E-state index contributed by atoms with van der Waals surface area (Å²) in [4.78, 5) is 14.5. The fraction of sp³-hybridized carbons (Fsp3) is 0.444. The van der Waals surface area contributed by atoms with Gasteiger partial charge >= 0.3 is 0 Å². The molecule has 0 aliphatic carbocycles. The van der Waals surface area contributed by atoms with Crippen LogP contribution in [-0.2, 0) is 0 Å². The lowest BCUT2D eigenvalue weighted by molar-refractivity contribution is 0.0667. The zero-order valence-corrected chi connectivity index (χ0v) is 13.7. The Morgan fingerprint density at radius 2 is 2.21 bits per heavy atom. The van der Waals surface area contributed by atoms with E-state index in [1.165, 1.54) is 29.2 Å². The van der Waals surface area contributed by atoms with E-state index in [0.717, 1.165) is 44.8 Å². The van der Waals surface area contributed by atoms with Crippen molar-refractivity contribution in [3.8, 4) is 5.69 Å². The molecular formula is C18H21F2N3O. The zero-order chi connectivity index (χ0) is 17.1. The van der Waals surface area contributed by atoms with Crippen molar-refractivity contribution in [1.29, 1.82) is 0 Å². The summed E-state index contributed by atoms with van der Waals surface area (Å²) in [6.07, 6.45) is 7.36. The minimum atomic E-state index is -0.710. The second-order valence-electron chi connectivity index (χ2n) is 6.32. The third kappa shape index (κ3) is 3.47. The van der Waals surface area contributed by atoms with Gasteiger partial charge in [0.1, 0.15) is 11.5 Å². The van der Waals surface area contributed by atoms with Gasteiger partial charge in [-0.15, -0.1) is 0 Å². The highest BCUT2D eigenvalue weighted by Gasteiger charge is 2.25. The molecule has 1 atom stereocenters. The van der Waals surface area contributed by atoms with Crippen LogP contribution in [0.4, 0.5) is 8.78 Å². The van der Waals surface area contributed by atoms with Gasteiger partial charge in [0.25, 0.3) is 5.91 Å². The van der Waals surface area contributed by atoms with Crippen LogP contribution in [0.3, 0.4) is 0 Å². The topological polar surface area (TPSA) is 38.1 Å². The summed E-state index contributed by atoms with van der Waals surface area (Å²) in [6, 6.07) is 3.28. The van der Waals surface area contributed by atoms with Gasteiger partial charge in [-0.3, -0.25) is 4.79 Å². The second-order valence-corrected chi connectivity index (χ2v) is 6.32. The number of benzene rings is 1. The van der Waals surface area contributed by atoms with E-state index in [9.17, 15) is 13.6 Å². The molecule has 1 unspecified atom stereocenters. The van der Waals surface area contributed by atoms with Crippen LogP contribution in [0.15, 0.2) is 30.6 Å². The van der Waals surface area contributed by atoms with Gasteiger partial charge < -0.3 is 4.90 Å². The fourth-order valence-electron chi connectivity index (χ4n) is 3.31. The van der Waals surface area contributed by atoms with Crippen LogP contribution in [0.25, 0.3) is 5.69 Å². The molecule has 1 aromatic heterocycles. The lowest BCUT2D eigenvalue weighted by Gasteiger charge is -2.32. The smallest absolute Gasteiger partial charge is 0.257 e. The second kappa shape index (κ2) is 7.11. The number of hydrogen-bond acceptors (Lipinski definition) is 2. The molecule has 1 amide bonds. The molecule has 1 aliphatic rings. The first-order chi connectivity index (χ1) is 11.6. The van der Waals surface area contributed by atoms with Crippen molar-refractivity contribution in [3.05, 3.63) is 47.8 Å². The van der Waals surface area contributed by atoms with Gasteiger partial charge in [-0.1, -0.05) is 13.3 Å². The van der Waals surface area contributed by atoms with Gasteiger partial charge in [0.2, 0.25) is 0 Å². The lowest BCUT2D eigenvalue weighted by Crippen LogP contribution is -2.39. The van der Waals surface area contributed by atoms with Crippen LogP contribution in [0.5, 0.6) is 0 Å². The Kier molecular flexibility index (Phi) is 4.92. The number of likely N-dealkylation sites (tertiary alicyclic amines) is 1. The van der Waals surface area contributed by atoms with Gasteiger partial charge in [0.15, 0.2) is 5.82 Å². The van der Waals surface area contributed by atoms with Crippen LogP contribution in [0.2, 0.25) is 0 Å². The van der Waals surface area contributed by atoms with Crippen molar-refractivity contribution in [1.82, 2.24) is 14.7 Å². The molecule has 0 spiro atoms. The Hall–Kier alpha value is -2.24. The first-order valence-corrected chi connectivity index (χ1v) is 8.38. The summed E-state index contributed by atoms with van der Waals surface area (Å²) in [7, 11) is 0. The molecule has 2 heterocycles. The largest absolute Gasteiger partial charge is 0.338 e. The Morgan fingerprint density at radius 3 is 2.96 bits per heavy atom. The summed E-state index contributed by atoms with van der Waals surface area (Å²) in [6.45, 7) is 3.67. The Morgan fingerprint density at radius 1 is 1.38 bits per heavy atom. The molecule has 4 nitrogen and oxygen atoms in total. The van der Waals surface area contributed by atoms with Crippen LogP contribution in [0, 0.1) is 17.6 Å². The molecule has 6 heteroatoms. The number of amides is 1. The molecule has 0 radical (unpaired) electrons. The predicted molar refractivity (Wildman–Crippen MR) is 87.0 cm³/mol. The molecule has 1 aliphatic heterocycles. The Balaban J connectivity index is 1.76. The van der Waals surface area contributed by atoms with E-state index in [1.807, 2.05) is 4.90 Å². The monoisotopic (exact) mass is 333 g/mol. The molecule has 1 fully saturated rings. The van der Waals surface area contributed by atoms with Crippen molar-refractivity contribution in [2.24, 2.45) is 5.92 Å². The maximum atomic E-state index is 13.8. The summed E-state index contributed by atoms with van der Waals surface area (Å²) < 4.78 is 28.1.